The molecule has 52 valence electrons. The van der Waals surface area contributed by atoms with Gasteiger partial charge in [0.15, 0.2) is 0 Å². The Labute approximate surface area is 59.9 Å². The summed E-state index contributed by atoms with van der Waals surface area (Å²) in [6.45, 7) is 3.45. The van der Waals surface area contributed by atoms with Gasteiger partial charge in [0, 0.05) is 13.1 Å². The van der Waals surface area contributed by atoms with E-state index in [0.29, 0.717) is 0 Å². The average Bonchev–Trinajstić information content (AvgIpc) is 1.91. The minimum absolute atomic E-state index is 0.802. The van der Waals surface area contributed by atoms with Crippen molar-refractivity contribution in [2.24, 2.45) is 0 Å². The molecule has 0 amide bonds. The molecule has 0 aromatic carbocycles. The van der Waals surface area contributed by atoms with Crippen LogP contribution in [0.4, 0.5) is 0 Å². The number of thiocarbonyl (C=S) groups is 1. The van der Waals surface area contributed by atoms with E-state index >= 15 is 0 Å². The molecule has 1 fully saturated rings. The number of ether oxygens (including phenoxy) is 1. The maximum absolute atomic E-state index is 5.12. The molecule has 0 unspecified atom stereocenters. The molecule has 4 heteroatoms. The van der Waals surface area contributed by atoms with Crippen molar-refractivity contribution in [3.05, 3.63) is 0 Å². The third-order valence-electron chi connectivity index (χ3n) is 1.25. The number of morpholine rings is 1. The summed E-state index contributed by atoms with van der Waals surface area (Å²) in [5.41, 5.74) is 4.45. The lowest BCUT2D eigenvalue weighted by atomic mass is 10.5. The van der Waals surface area contributed by atoms with Crippen molar-refractivity contribution in [3.63, 3.8) is 0 Å². The van der Waals surface area contributed by atoms with Gasteiger partial charge in [-0.1, -0.05) is 12.2 Å². The molecule has 1 heterocycles. The second-order valence-corrected chi connectivity index (χ2v) is 2.08. The zero-order chi connectivity index (χ0) is 6.53. The lowest BCUT2D eigenvalue weighted by molar-refractivity contribution is 0.0260. The van der Waals surface area contributed by atoms with Crippen LogP contribution in [0.15, 0.2) is 0 Å². The molecule has 0 radical (unpaired) electrons. The number of rotatable bonds is 2. The van der Waals surface area contributed by atoms with E-state index in [0.717, 1.165) is 26.3 Å². The Morgan fingerprint density at radius 1 is 1.44 bits per heavy atom. The van der Waals surface area contributed by atoms with E-state index in [9.17, 15) is 0 Å². The summed E-state index contributed by atoms with van der Waals surface area (Å²) in [7, 11) is 0. The minimum Gasteiger partial charge on any atom is -0.379 e. The van der Waals surface area contributed by atoms with E-state index in [1.54, 1.807) is 0 Å². The Kier molecular flexibility index (Phi) is 2.90. The van der Waals surface area contributed by atoms with E-state index in [1.165, 1.54) is 5.49 Å². The van der Waals surface area contributed by atoms with Crippen LogP contribution in [0.2, 0.25) is 0 Å². The van der Waals surface area contributed by atoms with Gasteiger partial charge < -0.3 is 10.2 Å². The van der Waals surface area contributed by atoms with Gasteiger partial charge in [0.2, 0.25) is 0 Å². The van der Waals surface area contributed by atoms with Crippen molar-refractivity contribution in [1.29, 1.82) is 0 Å². The summed E-state index contributed by atoms with van der Waals surface area (Å²) in [4.78, 5) is 0. The Bertz CT molecular complexity index is 93.0. The first-order chi connectivity index (χ1) is 4.43. The molecule has 3 nitrogen and oxygen atoms in total. The van der Waals surface area contributed by atoms with Crippen molar-refractivity contribution in [2.75, 3.05) is 26.3 Å². The number of hydrogen-bond donors (Lipinski definition) is 1. The second-order valence-electron chi connectivity index (χ2n) is 1.85. The quantitative estimate of drug-likeness (QED) is 0.544. The topological polar surface area (TPSA) is 24.5 Å². The van der Waals surface area contributed by atoms with E-state index in [1.807, 2.05) is 5.01 Å². The maximum atomic E-state index is 5.12. The third kappa shape index (κ3) is 2.26. The Morgan fingerprint density at radius 2 is 2.11 bits per heavy atom. The highest BCUT2D eigenvalue weighted by Gasteiger charge is 2.06. The molecule has 1 aliphatic rings. The predicted octanol–water partition coefficient (Wildman–Crippen LogP) is -0.220. The van der Waals surface area contributed by atoms with E-state index in [2.05, 4.69) is 17.6 Å². The largest absolute Gasteiger partial charge is 0.379 e. The van der Waals surface area contributed by atoms with Crippen LogP contribution >= 0.6 is 12.2 Å². The van der Waals surface area contributed by atoms with Gasteiger partial charge in [0.25, 0.3) is 0 Å². The van der Waals surface area contributed by atoms with Gasteiger partial charge in [0.1, 0.15) is 0 Å². The molecule has 1 rings (SSSR count). The minimum atomic E-state index is 0.802. The third-order valence-corrected chi connectivity index (χ3v) is 1.35. The lowest BCUT2D eigenvalue weighted by Gasteiger charge is -2.25. The molecule has 1 aliphatic heterocycles. The lowest BCUT2D eigenvalue weighted by Crippen LogP contribution is -2.44. The normalized spacial score (nSPS) is 21.3. The summed E-state index contributed by atoms with van der Waals surface area (Å²) >= 11 is 4.61. The molecule has 0 spiro atoms. The Balaban J connectivity index is 2.15. The SMILES string of the molecule is S=CNN1CCOCC1. The monoisotopic (exact) mass is 146 g/mol. The second kappa shape index (κ2) is 3.76. The molecule has 1 N–H and O–H groups in total. The van der Waals surface area contributed by atoms with Crippen molar-refractivity contribution in [3.8, 4) is 0 Å². The van der Waals surface area contributed by atoms with Crippen LogP contribution in [-0.2, 0) is 4.74 Å². The van der Waals surface area contributed by atoms with Crippen molar-refractivity contribution >= 4 is 17.7 Å². The van der Waals surface area contributed by atoms with E-state index < -0.39 is 0 Å². The molecule has 0 aliphatic carbocycles. The molecule has 0 bridgehead atoms. The average molecular weight is 146 g/mol. The number of nitrogens with zero attached hydrogens (tertiary/aromatic N) is 1. The molecule has 0 saturated carbocycles. The van der Waals surface area contributed by atoms with Crippen LogP contribution < -0.4 is 5.43 Å². The van der Waals surface area contributed by atoms with Crippen LogP contribution in [0, 0.1) is 0 Å². The van der Waals surface area contributed by atoms with Gasteiger partial charge in [-0.25, -0.2) is 5.01 Å². The highest BCUT2D eigenvalue weighted by molar-refractivity contribution is 7.78. The van der Waals surface area contributed by atoms with E-state index in [4.69, 9.17) is 4.74 Å². The predicted molar refractivity (Wildman–Crippen MR) is 39.2 cm³/mol. The van der Waals surface area contributed by atoms with Crippen LogP contribution in [-0.4, -0.2) is 36.8 Å². The number of hydrogen-bond acceptors (Lipinski definition) is 3. The first-order valence-electron chi connectivity index (χ1n) is 2.96. The van der Waals surface area contributed by atoms with Crippen molar-refractivity contribution < 1.29 is 4.74 Å². The molecule has 0 aromatic rings. The Hall–Kier alpha value is -0.190. The first-order valence-corrected chi connectivity index (χ1v) is 3.43. The molecule has 0 aromatic heterocycles. The zero-order valence-electron chi connectivity index (χ0n) is 5.17. The smallest absolute Gasteiger partial charge is 0.0759 e. The fourth-order valence-electron chi connectivity index (χ4n) is 0.767. The fourth-order valence-corrected chi connectivity index (χ4v) is 0.916. The highest BCUT2D eigenvalue weighted by Crippen LogP contribution is 1.90. The highest BCUT2D eigenvalue weighted by atomic mass is 32.1. The van der Waals surface area contributed by atoms with Crippen molar-refractivity contribution in [2.45, 2.75) is 0 Å². The van der Waals surface area contributed by atoms with Crippen LogP contribution in [0.25, 0.3) is 0 Å². The van der Waals surface area contributed by atoms with Crippen LogP contribution in [0.5, 0.6) is 0 Å². The molecule has 1 saturated heterocycles. The van der Waals surface area contributed by atoms with Crippen LogP contribution in [0.1, 0.15) is 0 Å². The summed E-state index contributed by atoms with van der Waals surface area (Å²) in [5, 5.41) is 2.04. The maximum Gasteiger partial charge on any atom is 0.0759 e. The van der Waals surface area contributed by atoms with Gasteiger partial charge in [-0.2, -0.15) is 0 Å². The van der Waals surface area contributed by atoms with Gasteiger partial charge in [-0.3, -0.25) is 0 Å². The zero-order valence-corrected chi connectivity index (χ0v) is 5.99. The standard InChI is InChI=1S/C5H10N2OS/c9-5-6-7-1-3-8-4-2-7/h5H,1-4H2,(H,6,9). The van der Waals surface area contributed by atoms with Gasteiger partial charge in [-0.05, 0) is 0 Å². The summed E-state index contributed by atoms with van der Waals surface area (Å²) < 4.78 is 5.12. The molecule has 0 atom stereocenters. The summed E-state index contributed by atoms with van der Waals surface area (Å²) in [5.74, 6) is 0. The van der Waals surface area contributed by atoms with Crippen LogP contribution in [0.3, 0.4) is 0 Å². The Morgan fingerprint density at radius 3 is 2.67 bits per heavy atom. The molecular weight excluding hydrogens is 136 g/mol. The summed E-state index contributed by atoms with van der Waals surface area (Å²) in [6, 6.07) is 0. The number of nitrogens with one attached hydrogen (secondary N) is 1. The molecule has 9 heavy (non-hydrogen) atoms. The first kappa shape index (κ1) is 6.92. The van der Waals surface area contributed by atoms with Crippen molar-refractivity contribution in [1.82, 2.24) is 10.4 Å². The number of hydrazine groups is 1. The van der Waals surface area contributed by atoms with E-state index in [-0.39, 0.29) is 0 Å². The van der Waals surface area contributed by atoms with Gasteiger partial charge >= 0.3 is 0 Å². The van der Waals surface area contributed by atoms with Gasteiger partial charge in [-0.15, -0.1) is 0 Å². The summed E-state index contributed by atoms with van der Waals surface area (Å²) in [6.07, 6.45) is 0. The van der Waals surface area contributed by atoms with Gasteiger partial charge in [0.05, 0.1) is 18.7 Å². The fraction of sp³-hybridized carbons (Fsp3) is 0.800. The molecular formula is C5H10N2OS.